The molecule has 52 valence electrons. The third-order valence-corrected chi connectivity index (χ3v) is 3.31. The summed E-state index contributed by atoms with van der Waals surface area (Å²) in [6.45, 7) is 2.35. The van der Waals surface area contributed by atoms with Crippen molar-refractivity contribution in [2.24, 2.45) is 17.8 Å². The molecular formula is C9H16. The van der Waals surface area contributed by atoms with Crippen molar-refractivity contribution in [2.45, 2.75) is 39.0 Å². The van der Waals surface area contributed by atoms with E-state index in [-0.39, 0.29) is 0 Å². The van der Waals surface area contributed by atoms with Crippen molar-refractivity contribution >= 4 is 0 Å². The van der Waals surface area contributed by atoms with E-state index < -0.39 is 0 Å². The summed E-state index contributed by atoms with van der Waals surface area (Å²) in [5, 5.41) is 0. The molecule has 0 heteroatoms. The van der Waals surface area contributed by atoms with Crippen LogP contribution in [0, 0.1) is 17.8 Å². The molecule has 0 nitrogen and oxygen atoms in total. The van der Waals surface area contributed by atoms with Gasteiger partial charge in [0.25, 0.3) is 0 Å². The van der Waals surface area contributed by atoms with Crippen LogP contribution >= 0.6 is 0 Å². The van der Waals surface area contributed by atoms with Crippen LogP contribution in [0.25, 0.3) is 0 Å². The highest BCUT2D eigenvalue weighted by molar-refractivity contribution is 4.97. The fraction of sp³-hybridized carbons (Fsp3) is 1.00. The van der Waals surface area contributed by atoms with Crippen LogP contribution in [-0.4, -0.2) is 0 Å². The highest BCUT2D eigenvalue weighted by Crippen LogP contribution is 2.56. The van der Waals surface area contributed by atoms with Gasteiger partial charge in [-0.3, -0.25) is 0 Å². The molecule has 0 amide bonds. The van der Waals surface area contributed by atoms with Gasteiger partial charge in [-0.05, 0) is 30.6 Å². The largest absolute Gasteiger partial charge is 0.0651 e. The van der Waals surface area contributed by atoms with Crippen LogP contribution in [0.15, 0.2) is 0 Å². The average molecular weight is 124 g/mol. The molecule has 0 aromatic heterocycles. The molecule has 0 radical (unpaired) electrons. The van der Waals surface area contributed by atoms with Crippen molar-refractivity contribution in [3.05, 3.63) is 0 Å². The topological polar surface area (TPSA) is 0 Å². The molecular weight excluding hydrogens is 108 g/mol. The van der Waals surface area contributed by atoms with Crippen LogP contribution in [0.3, 0.4) is 0 Å². The summed E-state index contributed by atoms with van der Waals surface area (Å²) in [5.74, 6) is 3.53. The molecule has 0 aliphatic heterocycles. The normalized spacial score (nSPS) is 48.3. The zero-order chi connectivity index (χ0) is 6.27. The summed E-state index contributed by atoms with van der Waals surface area (Å²) in [6.07, 6.45) is 7.62. The number of hydrogen-bond donors (Lipinski definition) is 0. The van der Waals surface area contributed by atoms with Gasteiger partial charge in [0.15, 0.2) is 0 Å². The number of rotatable bonds is 1. The van der Waals surface area contributed by atoms with E-state index in [0.29, 0.717) is 0 Å². The van der Waals surface area contributed by atoms with Crippen molar-refractivity contribution in [2.75, 3.05) is 0 Å². The lowest BCUT2D eigenvalue weighted by Gasteiger charge is -2.05. The summed E-state index contributed by atoms with van der Waals surface area (Å²) in [4.78, 5) is 0. The first-order valence-electron chi connectivity index (χ1n) is 4.43. The van der Waals surface area contributed by atoms with Crippen LogP contribution in [0.2, 0.25) is 0 Å². The van der Waals surface area contributed by atoms with Crippen LogP contribution < -0.4 is 0 Å². The average Bonchev–Trinajstić information content (AvgIpc) is 2.60. The van der Waals surface area contributed by atoms with E-state index in [0.717, 1.165) is 5.92 Å². The van der Waals surface area contributed by atoms with Gasteiger partial charge in [0.2, 0.25) is 0 Å². The molecule has 0 aromatic carbocycles. The summed E-state index contributed by atoms with van der Waals surface area (Å²) < 4.78 is 0. The maximum atomic E-state index is 2.35. The van der Waals surface area contributed by atoms with E-state index in [1.807, 2.05) is 0 Å². The Hall–Kier alpha value is 0. The predicted molar refractivity (Wildman–Crippen MR) is 39.2 cm³/mol. The van der Waals surface area contributed by atoms with E-state index in [4.69, 9.17) is 0 Å². The molecule has 2 unspecified atom stereocenters. The van der Waals surface area contributed by atoms with Crippen molar-refractivity contribution in [3.63, 3.8) is 0 Å². The van der Waals surface area contributed by atoms with Gasteiger partial charge in [0.05, 0.1) is 0 Å². The number of hydrogen-bond acceptors (Lipinski definition) is 0. The molecule has 0 bridgehead atoms. The highest BCUT2D eigenvalue weighted by Gasteiger charge is 2.48. The lowest BCUT2D eigenvalue weighted by atomic mass is 10.0. The first kappa shape index (κ1) is 5.76. The summed E-state index contributed by atoms with van der Waals surface area (Å²) in [7, 11) is 0. The second kappa shape index (κ2) is 2.00. The van der Waals surface area contributed by atoms with Gasteiger partial charge < -0.3 is 0 Å². The monoisotopic (exact) mass is 124 g/mol. The van der Waals surface area contributed by atoms with Crippen molar-refractivity contribution in [1.29, 1.82) is 0 Å². The van der Waals surface area contributed by atoms with Crippen LogP contribution in [0.4, 0.5) is 0 Å². The Morgan fingerprint density at radius 2 is 1.67 bits per heavy atom. The number of fused-ring (bicyclic) bond motifs is 1. The Labute approximate surface area is 57.6 Å². The zero-order valence-electron chi connectivity index (χ0n) is 6.27. The molecule has 2 aliphatic carbocycles. The predicted octanol–water partition coefficient (Wildman–Crippen LogP) is 2.83. The first-order chi connectivity index (χ1) is 4.43. The molecule has 0 spiro atoms. The Morgan fingerprint density at radius 3 is 2.11 bits per heavy atom. The van der Waals surface area contributed by atoms with Gasteiger partial charge in [-0.1, -0.05) is 26.2 Å². The van der Waals surface area contributed by atoms with Gasteiger partial charge >= 0.3 is 0 Å². The molecule has 0 saturated heterocycles. The maximum absolute atomic E-state index is 2.35. The minimum absolute atomic E-state index is 1.16. The highest BCUT2D eigenvalue weighted by atomic mass is 14.5. The van der Waals surface area contributed by atoms with Gasteiger partial charge in [-0.15, -0.1) is 0 Å². The Kier molecular flexibility index (Phi) is 1.28. The van der Waals surface area contributed by atoms with E-state index in [1.165, 1.54) is 31.1 Å². The van der Waals surface area contributed by atoms with Crippen molar-refractivity contribution < 1.29 is 0 Å². The van der Waals surface area contributed by atoms with Crippen molar-refractivity contribution in [1.82, 2.24) is 0 Å². The lowest BCUT2D eigenvalue weighted by Crippen LogP contribution is -1.91. The summed E-state index contributed by atoms with van der Waals surface area (Å²) in [5.41, 5.74) is 0. The first-order valence-corrected chi connectivity index (χ1v) is 4.43. The Bertz CT molecular complexity index is 87.9. The van der Waals surface area contributed by atoms with E-state index >= 15 is 0 Å². The van der Waals surface area contributed by atoms with E-state index in [9.17, 15) is 0 Å². The minimum atomic E-state index is 1.16. The zero-order valence-corrected chi connectivity index (χ0v) is 6.27. The maximum Gasteiger partial charge on any atom is -0.0352 e. The van der Waals surface area contributed by atoms with Crippen LogP contribution in [0.1, 0.15) is 39.0 Å². The third kappa shape index (κ3) is 0.798. The van der Waals surface area contributed by atoms with Crippen LogP contribution in [0.5, 0.6) is 0 Å². The third-order valence-electron chi connectivity index (χ3n) is 3.31. The van der Waals surface area contributed by atoms with Gasteiger partial charge in [-0.25, -0.2) is 0 Å². The SMILES string of the molecule is CCC1C2CCCCC12. The summed E-state index contributed by atoms with van der Waals surface area (Å²) in [6, 6.07) is 0. The fourth-order valence-corrected chi connectivity index (χ4v) is 2.75. The van der Waals surface area contributed by atoms with Gasteiger partial charge in [0.1, 0.15) is 0 Å². The molecule has 0 N–H and O–H groups in total. The smallest absolute Gasteiger partial charge is 0.0352 e. The molecule has 9 heavy (non-hydrogen) atoms. The summed E-state index contributed by atoms with van der Waals surface area (Å²) >= 11 is 0. The molecule has 2 aliphatic rings. The molecule has 0 aromatic rings. The second-order valence-corrected chi connectivity index (χ2v) is 3.68. The fourth-order valence-electron chi connectivity index (χ4n) is 2.75. The lowest BCUT2D eigenvalue weighted by molar-refractivity contribution is 0.480. The molecule has 2 saturated carbocycles. The second-order valence-electron chi connectivity index (χ2n) is 3.68. The molecule has 2 fully saturated rings. The Balaban J connectivity index is 1.91. The van der Waals surface area contributed by atoms with E-state index in [2.05, 4.69) is 6.92 Å². The van der Waals surface area contributed by atoms with Gasteiger partial charge in [-0.2, -0.15) is 0 Å². The minimum Gasteiger partial charge on any atom is -0.0651 e. The molecule has 0 heterocycles. The van der Waals surface area contributed by atoms with Crippen molar-refractivity contribution in [3.8, 4) is 0 Å². The van der Waals surface area contributed by atoms with Gasteiger partial charge in [0, 0.05) is 0 Å². The van der Waals surface area contributed by atoms with Crippen LogP contribution in [-0.2, 0) is 0 Å². The molecule has 2 atom stereocenters. The Morgan fingerprint density at radius 1 is 1.11 bits per heavy atom. The van der Waals surface area contributed by atoms with E-state index in [1.54, 1.807) is 12.8 Å². The standard InChI is InChI=1S/C9H16/c1-2-7-8-5-3-4-6-9(7)8/h7-9H,2-6H2,1H3. The molecule has 2 rings (SSSR count). The quantitative estimate of drug-likeness (QED) is 0.504.